The van der Waals surface area contributed by atoms with E-state index >= 15 is 0 Å². The average molecular weight is 381 g/mol. The Labute approximate surface area is 156 Å². The topological polar surface area (TPSA) is 118 Å². The molecular weight excluding hydrogens is 358 g/mol. The molecule has 2 aliphatic rings. The molecule has 9 nitrogen and oxygen atoms in total. The second-order valence-electron chi connectivity index (χ2n) is 6.06. The summed E-state index contributed by atoms with van der Waals surface area (Å²) in [5, 5.41) is 0. The van der Waals surface area contributed by atoms with E-state index in [-0.39, 0.29) is 37.5 Å². The fraction of sp³-hybridized carbons (Fsp3) is 0.611. The molecule has 1 saturated heterocycles. The number of hydrogen-bond donors (Lipinski definition) is 0. The SMILES string of the molecule is CCOC(=O)C1=C(C)N=C(C)[C@H](C(=O)OCC)[C@@H]1C(=O)O[C@H]1CCOC1=O. The van der Waals surface area contributed by atoms with Gasteiger partial charge in [-0.1, -0.05) is 0 Å². The van der Waals surface area contributed by atoms with Gasteiger partial charge in [-0.15, -0.1) is 0 Å². The molecule has 2 rings (SSSR count). The lowest BCUT2D eigenvalue weighted by Crippen LogP contribution is -2.43. The molecular formula is C18H23NO8. The molecule has 1 fully saturated rings. The second kappa shape index (κ2) is 8.79. The van der Waals surface area contributed by atoms with Crippen molar-refractivity contribution in [1.29, 1.82) is 0 Å². The number of nitrogens with zero attached hydrogens (tertiary/aromatic N) is 1. The lowest BCUT2D eigenvalue weighted by Gasteiger charge is -2.30. The highest BCUT2D eigenvalue weighted by Gasteiger charge is 2.48. The molecule has 0 N–H and O–H groups in total. The maximum Gasteiger partial charge on any atom is 0.347 e. The molecule has 3 atom stereocenters. The van der Waals surface area contributed by atoms with Gasteiger partial charge in [-0.3, -0.25) is 14.6 Å². The van der Waals surface area contributed by atoms with Gasteiger partial charge < -0.3 is 18.9 Å². The summed E-state index contributed by atoms with van der Waals surface area (Å²) in [5.41, 5.74) is 0.495. The van der Waals surface area contributed by atoms with Gasteiger partial charge in [0.2, 0.25) is 6.10 Å². The highest BCUT2D eigenvalue weighted by atomic mass is 16.6. The molecule has 2 aliphatic heterocycles. The number of carbonyl (C=O) groups excluding carboxylic acids is 4. The predicted octanol–water partition coefficient (Wildman–Crippen LogP) is 0.952. The van der Waals surface area contributed by atoms with Crippen LogP contribution in [0.5, 0.6) is 0 Å². The van der Waals surface area contributed by atoms with Crippen molar-refractivity contribution in [2.75, 3.05) is 19.8 Å². The van der Waals surface area contributed by atoms with Crippen LogP contribution in [0.1, 0.15) is 34.1 Å². The van der Waals surface area contributed by atoms with Crippen LogP contribution in [0.2, 0.25) is 0 Å². The largest absolute Gasteiger partial charge is 0.465 e. The van der Waals surface area contributed by atoms with Crippen LogP contribution in [0.3, 0.4) is 0 Å². The van der Waals surface area contributed by atoms with Crippen LogP contribution in [0.25, 0.3) is 0 Å². The van der Waals surface area contributed by atoms with Crippen LogP contribution >= 0.6 is 0 Å². The van der Waals surface area contributed by atoms with Crippen LogP contribution in [0, 0.1) is 11.8 Å². The molecule has 27 heavy (non-hydrogen) atoms. The summed E-state index contributed by atoms with van der Waals surface area (Å²) in [6.45, 7) is 6.68. The lowest BCUT2D eigenvalue weighted by molar-refractivity contribution is -0.166. The number of rotatable bonds is 6. The minimum atomic E-state index is -1.31. The molecule has 0 radical (unpaired) electrons. The normalized spacial score (nSPS) is 24.8. The van der Waals surface area contributed by atoms with Gasteiger partial charge in [0.1, 0.15) is 11.8 Å². The quantitative estimate of drug-likeness (QED) is 0.493. The number of allylic oxidation sites excluding steroid dienone is 1. The van der Waals surface area contributed by atoms with Gasteiger partial charge in [0.05, 0.1) is 25.4 Å². The molecule has 0 aromatic heterocycles. The molecule has 0 aliphatic carbocycles. The first kappa shape index (κ1) is 20.6. The molecule has 2 heterocycles. The van der Waals surface area contributed by atoms with Gasteiger partial charge in [-0.2, -0.15) is 0 Å². The van der Waals surface area contributed by atoms with E-state index < -0.39 is 41.8 Å². The highest BCUT2D eigenvalue weighted by Crippen LogP contribution is 2.34. The van der Waals surface area contributed by atoms with Gasteiger partial charge in [0.25, 0.3) is 0 Å². The van der Waals surface area contributed by atoms with Crippen molar-refractivity contribution in [3.05, 3.63) is 11.3 Å². The molecule has 0 spiro atoms. The minimum Gasteiger partial charge on any atom is -0.465 e. The Hall–Kier alpha value is -2.71. The van der Waals surface area contributed by atoms with Crippen LogP contribution in [-0.2, 0) is 38.1 Å². The second-order valence-corrected chi connectivity index (χ2v) is 6.06. The molecule has 0 saturated carbocycles. The van der Waals surface area contributed by atoms with E-state index in [2.05, 4.69) is 4.99 Å². The zero-order valence-electron chi connectivity index (χ0n) is 15.8. The summed E-state index contributed by atoms with van der Waals surface area (Å²) < 4.78 is 20.1. The summed E-state index contributed by atoms with van der Waals surface area (Å²) in [7, 11) is 0. The third-order valence-corrected chi connectivity index (χ3v) is 4.26. The highest BCUT2D eigenvalue weighted by molar-refractivity contribution is 6.10. The van der Waals surface area contributed by atoms with Crippen molar-refractivity contribution < 1.29 is 38.1 Å². The number of aliphatic imine (C=N–C) groups is 1. The number of cyclic esters (lactones) is 1. The van der Waals surface area contributed by atoms with E-state index in [1.54, 1.807) is 27.7 Å². The molecule has 0 aromatic rings. The molecule has 0 aromatic carbocycles. The predicted molar refractivity (Wildman–Crippen MR) is 91.5 cm³/mol. The van der Waals surface area contributed by atoms with Crippen molar-refractivity contribution in [3.63, 3.8) is 0 Å². The number of hydrogen-bond acceptors (Lipinski definition) is 9. The van der Waals surface area contributed by atoms with E-state index in [1.165, 1.54) is 0 Å². The maximum absolute atomic E-state index is 12.9. The third-order valence-electron chi connectivity index (χ3n) is 4.26. The van der Waals surface area contributed by atoms with Crippen molar-refractivity contribution in [2.45, 2.75) is 40.2 Å². The monoisotopic (exact) mass is 381 g/mol. The Morgan fingerprint density at radius 3 is 2.30 bits per heavy atom. The standard InChI is InChI=1S/C18H23NO8/c1-5-24-16(21)12-9(3)19-10(4)13(17(22)25-6-2)14(12)18(23)27-11-7-8-26-15(11)20/h11-12,14H,5-8H2,1-4H3/t11-,12-,14-/m0/s1. The van der Waals surface area contributed by atoms with E-state index in [1.807, 2.05) is 0 Å². The van der Waals surface area contributed by atoms with Crippen molar-refractivity contribution in [3.8, 4) is 0 Å². The smallest absolute Gasteiger partial charge is 0.347 e. The first-order valence-electron chi connectivity index (χ1n) is 8.78. The Bertz CT molecular complexity index is 708. The van der Waals surface area contributed by atoms with Gasteiger partial charge in [0.15, 0.2) is 0 Å². The summed E-state index contributed by atoms with van der Waals surface area (Å²) in [5.74, 6) is -5.48. The van der Waals surface area contributed by atoms with E-state index in [4.69, 9.17) is 18.9 Å². The van der Waals surface area contributed by atoms with Crippen molar-refractivity contribution >= 4 is 29.6 Å². The number of esters is 4. The Morgan fingerprint density at radius 1 is 1.07 bits per heavy atom. The zero-order valence-corrected chi connectivity index (χ0v) is 15.8. The van der Waals surface area contributed by atoms with Crippen molar-refractivity contribution in [2.24, 2.45) is 16.8 Å². The maximum atomic E-state index is 12.9. The first-order valence-corrected chi connectivity index (χ1v) is 8.78. The fourth-order valence-electron chi connectivity index (χ4n) is 3.10. The summed E-state index contributed by atoms with van der Waals surface area (Å²) >= 11 is 0. The van der Waals surface area contributed by atoms with Crippen LogP contribution < -0.4 is 0 Å². The number of carbonyl (C=O) groups is 4. The molecule has 0 unspecified atom stereocenters. The molecule has 9 heteroatoms. The zero-order chi connectivity index (χ0) is 20.1. The molecule has 0 amide bonds. The third kappa shape index (κ3) is 4.35. The van der Waals surface area contributed by atoms with Crippen molar-refractivity contribution in [1.82, 2.24) is 0 Å². The van der Waals surface area contributed by atoms with Gasteiger partial charge in [-0.25, -0.2) is 9.59 Å². The van der Waals surface area contributed by atoms with Crippen LogP contribution in [0.15, 0.2) is 16.3 Å². The Kier molecular flexibility index (Phi) is 6.70. The van der Waals surface area contributed by atoms with E-state index in [9.17, 15) is 19.2 Å². The summed E-state index contributed by atoms with van der Waals surface area (Å²) in [6, 6.07) is 0. The van der Waals surface area contributed by atoms with Crippen LogP contribution in [-0.4, -0.2) is 55.5 Å². The summed E-state index contributed by atoms with van der Waals surface area (Å²) in [6.07, 6.45) is -0.852. The van der Waals surface area contributed by atoms with E-state index in [0.29, 0.717) is 5.71 Å². The molecule has 0 bridgehead atoms. The van der Waals surface area contributed by atoms with Gasteiger partial charge in [0, 0.05) is 17.8 Å². The van der Waals surface area contributed by atoms with E-state index in [0.717, 1.165) is 0 Å². The minimum absolute atomic E-state index is 0.0723. The van der Waals surface area contributed by atoms with Gasteiger partial charge >= 0.3 is 23.9 Å². The lowest BCUT2D eigenvalue weighted by atomic mass is 9.79. The molecule has 148 valence electrons. The fourth-order valence-corrected chi connectivity index (χ4v) is 3.10. The first-order chi connectivity index (χ1) is 12.8. The number of ether oxygens (including phenoxy) is 4. The average Bonchev–Trinajstić information content (AvgIpc) is 2.99. The van der Waals surface area contributed by atoms with Crippen LogP contribution in [0.4, 0.5) is 0 Å². The van der Waals surface area contributed by atoms with Gasteiger partial charge in [-0.05, 0) is 27.7 Å². The Balaban J connectivity index is 2.42. The Morgan fingerprint density at radius 2 is 1.74 bits per heavy atom. The summed E-state index contributed by atoms with van der Waals surface area (Å²) in [4.78, 5) is 53.7.